The number of thiophene rings is 1. The Morgan fingerprint density at radius 1 is 1.00 bits per heavy atom. The van der Waals surface area contributed by atoms with Crippen LogP contribution in [0.25, 0.3) is 6.08 Å². The van der Waals surface area contributed by atoms with Gasteiger partial charge in [0.2, 0.25) is 0 Å². The Balaban J connectivity index is 1.81. The molecule has 0 saturated heterocycles. The first-order valence-corrected chi connectivity index (χ1v) is 12.1. The molecule has 1 aromatic heterocycles. The van der Waals surface area contributed by atoms with Crippen molar-refractivity contribution in [2.45, 2.75) is 33.7 Å². The van der Waals surface area contributed by atoms with E-state index in [1.54, 1.807) is 18.2 Å². The molecule has 0 aliphatic carbocycles. The van der Waals surface area contributed by atoms with Gasteiger partial charge in [0.1, 0.15) is 5.70 Å². The van der Waals surface area contributed by atoms with E-state index < -0.39 is 0 Å². The smallest absolute Gasteiger partial charge is 0.268 e. The molecule has 178 valence electrons. The van der Waals surface area contributed by atoms with Gasteiger partial charge in [0.25, 0.3) is 11.8 Å². The summed E-state index contributed by atoms with van der Waals surface area (Å²) in [6, 6.07) is 16.3. The predicted molar refractivity (Wildman–Crippen MR) is 136 cm³/mol. The summed E-state index contributed by atoms with van der Waals surface area (Å²) >= 11 is 1.48. The van der Waals surface area contributed by atoms with Gasteiger partial charge in [-0.05, 0) is 75.0 Å². The third-order valence-corrected chi connectivity index (χ3v) is 5.84. The molecule has 6 nitrogen and oxygen atoms in total. The van der Waals surface area contributed by atoms with Crippen molar-refractivity contribution < 1.29 is 19.1 Å². The van der Waals surface area contributed by atoms with Crippen molar-refractivity contribution in [2.75, 3.05) is 13.2 Å². The maximum atomic E-state index is 13.2. The van der Waals surface area contributed by atoms with Crippen LogP contribution in [-0.2, 0) is 4.79 Å². The van der Waals surface area contributed by atoms with E-state index in [0.29, 0.717) is 30.3 Å². The molecule has 0 aliphatic heterocycles. The van der Waals surface area contributed by atoms with Gasteiger partial charge in [-0.3, -0.25) is 9.59 Å². The Morgan fingerprint density at radius 2 is 1.76 bits per heavy atom. The number of hydrogen-bond donors (Lipinski definition) is 2. The molecule has 2 N–H and O–H groups in total. The molecule has 0 fully saturated rings. The number of carbonyl (C=O) groups is 2. The minimum absolute atomic E-state index is 0.178. The highest BCUT2D eigenvalue weighted by atomic mass is 32.1. The second-order valence-corrected chi connectivity index (χ2v) is 8.64. The number of nitrogens with one attached hydrogen (secondary N) is 2. The zero-order valence-corrected chi connectivity index (χ0v) is 20.7. The topological polar surface area (TPSA) is 76.7 Å². The fourth-order valence-electron chi connectivity index (χ4n) is 3.35. The predicted octanol–water partition coefficient (Wildman–Crippen LogP) is 5.50. The molecule has 7 heteroatoms. The van der Waals surface area contributed by atoms with Crippen molar-refractivity contribution in [1.82, 2.24) is 10.6 Å². The summed E-state index contributed by atoms with van der Waals surface area (Å²) in [5, 5.41) is 7.69. The summed E-state index contributed by atoms with van der Waals surface area (Å²) in [7, 11) is 0. The molecular weight excluding hydrogens is 448 g/mol. The maximum Gasteiger partial charge on any atom is 0.268 e. The highest BCUT2D eigenvalue weighted by molar-refractivity contribution is 7.10. The minimum atomic E-state index is -0.381. The molecule has 0 saturated carbocycles. The van der Waals surface area contributed by atoms with E-state index >= 15 is 0 Å². The lowest BCUT2D eigenvalue weighted by atomic mass is 10.1. The maximum absolute atomic E-state index is 13.2. The molecule has 2 aromatic carbocycles. The van der Waals surface area contributed by atoms with Gasteiger partial charge in [-0.25, -0.2) is 0 Å². The summed E-state index contributed by atoms with van der Waals surface area (Å²) in [4.78, 5) is 26.9. The average Bonchev–Trinajstić information content (AvgIpc) is 3.33. The van der Waals surface area contributed by atoms with Gasteiger partial charge in [0, 0.05) is 10.4 Å². The van der Waals surface area contributed by atoms with E-state index in [1.165, 1.54) is 11.3 Å². The number of ether oxygens (including phenoxy) is 2. The molecule has 1 heterocycles. The Hall–Kier alpha value is -3.58. The van der Waals surface area contributed by atoms with Gasteiger partial charge in [0.15, 0.2) is 11.5 Å². The molecule has 0 spiro atoms. The fourth-order valence-corrected chi connectivity index (χ4v) is 4.01. The Bertz CT molecular complexity index is 1160. The summed E-state index contributed by atoms with van der Waals surface area (Å²) in [5.74, 6) is 0.572. The molecule has 0 radical (unpaired) electrons. The van der Waals surface area contributed by atoms with E-state index in [2.05, 4.69) is 10.6 Å². The van der Waals surface area contributed by atoms with Crippen LogP contribution in [0.15, 0.2) is 65.7 Å². The van der Waals surface area contributed by atoms with Crippen LogP contribution in [0.4, 0.5) is 0 Å². The first kappa shape index (κ1) is 25.1. The van der Waals surface area contributed by atoms with Gasteiger partial charge >= 0.3 is 0 Å². The van der Waals surface area contributed by atoms with Crippen molar-refractivity contribution in [3.63, 3.8) is 0 Å². The number of benzene rings is 2. The van der Waals surface area contributed by atoms with Crippen LogP contribution in [0.2, 0.25) is 0 Å². The van der Waals surface area contributed by atoms with E-state index in [-0.39, 0.29) is 23.6 Å². The van der Waals surface area contributed by atoms with E-state index in [1.807, 2.05) is 75.5 Å². The third-order valence-electron chi connectivity index (χ3n) is 5.02. The summed E-state index contributed by atoms with van der Waals surface area (Å²) in [6.07, 6.45) is 1.68. The summed E-state index contributed by atoms with van der Waals surface area (Å²) < 4.78 is 11.3. The van der Waals surface area contributed by atoms with Crippen LogP contribution in [0.5, 0.6) is 11.5 Å². The van der Waals surface area contributed by atoms with E-state index in [0.717, 1.165) is 16.0 Å². The normalized spacial score (nSPS) is 12.1. The molecule has 2 amide bonds. The number of amides is 2. The van der Waals surface area contributed by atoms with E-state index in [4.69, 9.17) is 9.47 Å². The summed E-state index contributed by atoms with van der Waals surface area (Å²) in [6.45, 7) is 8.66. The SMILES string of the molecule is CCOc1ccc(C(C)NC(=O)/C(=C/c2cccs2)NC(=O)c2cccc(C)c2)cc1OCC. The van der Waals surface area contributed by atoms with E-state index in [9.17, 15) is 9.59 Å². The molecular formula is C27H30N2O4S. The lowest BCUT2D eigenvalue weighted by Gasteiger charge is -2.19. The molecule has 1 atom stereocenters. The van der Waals surface area contributed by atoms with Gasteiger partial charge < -0.3 is 20.1 Å². The molecule has 0 bridgehead atoms. The lowest BCUT2D eigenvalue weighted by molar-refractivity contribution is -0.118. The summed E-state index contributed by atoms with van der Waals surface area (Å²) in [5.41, 5.74) is 2.50. The molecule has 0 aliphatic rings. The van der Waals surface area contributed by atoms with Crippen LogP contribution in [0.3, 0.4) is 0 Å². The second kappa shape index (κ2) is 12.0. The number of aryl methyl sites for hydroxylation is 1. The average molecular weight is 479 g/mol. The van der Waals surface area contributed by atoms with Crippen molar-refractivity contribution in [3.05, 3.63) is 87.2 Å². The van der Waals surface area contributed by atoms with Crippen molar-refractivity contribution >= 4 is 29.2 Å². The molecule has 3 rings (SSSR count). The minimum Gasteiger partial charge on any atom is -0.490 e. The van der Waals surface area contributed by atoms with Gasteiger partial charge in [-0.15, -0.1) is 11.3 Å². The van der Waals surface area contributed by atoms with Crippen LogP contribution in [0, 0.1) is 6.92 Å². The number of carbonyl (C=O) groups excluding carboxylic acids is 2. The largest absolute Gasteiger partial charge is 0.490 e. The zero-order valence-electron chi connectivity index (χ0n) is 19.9. The molecule has 34 heavy (non-hydrogen) atoms. The molecule has 3 aromatic rings. The Kier molecular flexibility index (Phi) is 8.87. The van der Waals surface area contributed by atoms with Gasteiger partial charge in [0.05, 0.1) is 19.3 Å². The highest BCUT2D eigenvalue weighted by Gasteiger charge is 2.19. The lowest BCUT2D eigenvalue weighted by Crippen LogP contribution is -2.36. The van der Waals surface area contributed by atoms with Crippen LogP contribution in [-0.4, -0.2) is 25.0 Å². The molecule has 1 unspecified atom stereocenters. The monoisotopic (exact) mass is 478 g/mol. The van der Waals surface area contributed by atoms with Crippen molar-refractivity contribution in [1.29, 1.82) is 0 Å². The standard InChI is InChI=1S/C27H30N2O4S/c1-5-32-24-13-12-20(16-25(24)33-6-2)19(4)28-27(31)23(17-22-11-8-14-34-22)29-26(30)21-10-7-9-18(3)15-21/h7-17,19H,5-6H2,1-4H3,(H,28,31)(H,29,30)/b23-17-. The Morgan fingerprint density at radius 3 is 2.44 bits per heavy atom. The van der Waals surface area contributed by atoms with Crippen LogP contribution in [0.1, 0.15) is 53.2 Å². The van der Waals surface area contributed by atoms with Crippen LogP contribution >= 0.6 is 11.3 Å². The first-order chi connectivity index (χ1) is 16.4. The third kappa shape index (κ3) is 6.71. The Labute approximate surface area is 204 Å². The van der Waals surface area contributed by atoms with Gasteiger partial charge in [-0.1, -0.05) is 29.8 Å². The fraction of sp³-hybridized carbons (Fsp3) is 0.259. The quantitative estimate of drug-likeness (QED) is 0.377. The zero-order chi connectivity index (χ0) is 24.5. The number of hydrogen-bond acceptors (Lipinski definition) is 5. The van der Waals surface area contributed by atoms with Crippen LogP contribution < -0.4 is 20.1 Å². The second-order valence-electron chi connectivity index (χ2n) is 7.66. The van der Waals surface area contributed by atoms with Crippen molar-refractivity contribution in [2.24, 2.45) is 0 Å². The number of rotatable bonds is 10. The highest BCUT2D eigenvalue weighted by Crippen LogP contribution is 2.30. The van der Waals surface area contributed by atoms with Gasteiger partial charge in [-0.2, -0.15) is 0 Å². The van der Waals surface area contributed by atoms with Crippen molar-refractivity contribution in [3.8, 4) is 11.5 Å². The first-order valence-electron chi connectivity index (χ1n) is 11.2.